The number of nitrogen functional groups attached to an aromatic ring is 1. The zero-order valence-electron chi connectivity index (χ0n) is 10.7. The minimum absolute atomic E-state index is 0.00659. The number of imidazole rings is 1. The SMILES string of the molecule is C=C1[C@H](CO)[C@H](O)C[C@@H]1n1c[15n]c2[13c](=O)[nH]c(N)n[13c]21. The number of anilines is 1. The molecule has 0 aromatic carbocycles. The number of aromatic nitrogens is 4. The van der Waals surface area contributed by atoms with E-state index in [0.717, 1.165) is 0 Å². The Labute approximate surface area is 113 Å². The number of nitrogens with one attached hydrogen (secondary N) is 1. The highest BCUT2D eigenvalue weighted by Gasteiger charge is 2.37. The van der Waals surface area contributed by atoms with E-state index in [1.807, 2.05) is 0 Å². The maximum atomic E-state index is 11.7. The summed E-state index contributed by atoms with van der Waals surface area (Å²) in [7, 11) is 0. The topological polar surface area (TPSA) is 130 Å². The Morgan fingerprint density at radius 1 is 1.60 bits per heavy atom. The highest BCUT2D eigenvalue weighted by atomic mass is 16.3. The van der Waals surface area contributed by atoms with Gasteiger partial charge in [0.15, 0.2) is 11.2 Å². The lowest BCUT2D eigenvalue weighted by Gasteiger charge is -2.15. The second-order valence-corrected chi connectivity index (χ2v) is 4.96. The third kappa shape index (κ3) is 1.73. The molecular formula is C12H15N5O3. The largest absolute Gasteiger partial charge is 0.396 e. The Bertz CT molecular complexity index is 734. The van der Waals surface area contributed by atoms with Gasteiger partial charge in [-0.15, -0.1) is 0 Å². The molecule has 8 heteroatoms. The van der Waals surface area contributed by atoms with Crippen LogP contribution in [-0.2, 0) is 0 Å². The van der Waals surface area contributed by atoms with Crippen LogP contribution in [0.5, 0.6) is 0 Å². The van der Waals surface area contributed by atoms with E-state index in [0.29, 0.717) is 17.6 Å². The molecule has 0 aliphatic heterocycles. The van der Waals surface area contributed by atoms with Crippen molar-refractivity contribution in [3.05, 3.63) is 28.8 Å². The van der Waals surface area contributed by atoms with Crippen molar-refractivity contribution in [2.45, 2.75) is 18.6 Å². The molecule has 0 radical (unpaired) electrons. The van der Waals surface area contributed by atoms with Gasteiger partial charge in [-0.3, -0.25) is 9.78 Å². The van der Waals surface area contributed by atoms with Gasteiger partial charge in [-0.1, -0.05) is 6.58 Å². The van der Waals surface area contributed by atoms with Gasteiger partial charge in [0.05, 0.1) is 25.1 Å². The molecule has 8 nitrogen and oxygen atoms in total. The van der Waals surface area contributed by atoms with E-state index in [1.54, 1.807) is 4.57 Å². The molecule has 3 atom stereocenters. The molecule has 1 aliphatic carbocycles. The van der Waals surface area contributed by atoms with Gasteiger partial charge >= 0.3 is 0 Å². The second-order valence-electron chi connectivity index (χ2n) is 4.96. The Morgan fingerprint density at radius 2 is 2.35 bits per heavy atom. The average molecular weight is 280 g/mol. The molecule has 0 spiro atoms. The van der Waals surface area contributed by atoms with Crippen LogP contribution >= 0.6 is 0 Å². The molecule has 1 fully saturated rings. The molecule has 2 aromatic heterocycles. The van der Waals surface area contributed by atoms with E-state index in [1.165, 1.54) is 6.33 Å². The fourth-order valence-electron chi connectivity index (χ4n) is 2.74. The predicted octanol–water partition coefficient (Wildman–Crippen LogP) is -0.828. The summed E-state index contributed by atoms with van der Waals surface area (Å²) in [5, 5.41) is 19.2. The van der Waals surface area contributed by atoms with Gasteiger partial charge in [0.25, 0.3) is 5.56 Å². The Morgan fingerprint density at radius 3 is 3.00 bits per heavy atom. The highest BCUT2D eigenvalue weighted by molar-refractivity contribution is 5.70. The summed E-state index contributed by atoms with van der Waals surface area (Å²) in [5.74, 6) is -0.371. The van der Waals surface area contributed by atoms with Crippen LogP contribution in [0.15, 0.2) is 23.3 Å². The summed E-state index contributed by atoms with van der Waals surface area (Å²) < 4.78 is 1.67. The summed E-state index contributed by atoms with van der Waals surface area (Å²) in [4.78, 5) is 22.2. The third-order valence-corrected chi connectivity index (χ3v) is 3.82. The summed E-state index contributed by atoms with van der Waals surface area (Å²) in [5.41, 5.74) is 6.37. The minimum atomic E-state index is -0.672. The molecule has 2 heterocycles. The van der Waals surface area contributed by atoms with Gasteiger partial charge in [-0.25, -0.2) is 4.98 Å². The molecule has 0 unspecified atom stereocenters. The van der Waals surface area contributed by atoms with E-state index in [2.05, 4.69) is 21.5 Å². The number of aliphatic hydroxyl groups excluding tert-OH is 2. The summed E-state index contributed by atoms with van der Waals surface area (Å²) >= 11 is 0. The number of nitrogens with two attached hydrogens (primary N) is 1. The molecule has 1 saturated carbocycles. The molecule has 20 heavy (non-hydrogen) atoms. The van der Waals surface area contributed by atoms with E-state index >= 15 is 0 Å². The van der Waals surface area contributed by atoms with Crippen LogP contribution in [-0.4, -0.2) is 42.4 Å². The number of nitrogens with zero attached hydrogens (tertiary/aromatic N) is 3. The van der Waals surface area contributed by atoms with Gasteiger partial charge in [-0.05, 0) is 12.0 Å². The lowest BCUT2D eigenvalue weighted by atomic mass is 10.0. The molecule has 0 amide bonds. The Hall–Kier alpha value is -2.19. The molecule has 106 valence electrons. The number of aromatic amines is 1. The number of hydrogen-bond donors (Lipinski definition) is 4. The third-order valence-electron chi connectivity index (χ3n) is 3.82. The van der Waals surface area contributed by atoms with Crippen molar-refractivity contribution in [2.24, 2.45) is 5.92 Å². The number of H-pyrrole nitrogens is 1. The first kappa shape index (κ1) is 12.8. The van der Waals surface area contributed by atoms with Crippen LogP contribution < -0.4 is 11.3 Å². The van der Waals surface area contributed by atoms with Gasteiger partial charge < -0.3 is 20.5 Å². The van der Waals surface area contributed by atoms with E-state index in [-0.39, 0.29) is 30.0 Å². The van der Waals surface area contributed by atoms with E-state index in [4.69, 9.17) is 5.73 Å². The molecule has 0 saturated heterocycles. The highest BCUT2D eigenvalue weighted by Crippen LogP contribution is 2.39. The van der Waals surface area contributed by atoms with Crippen LogP contribution in [0.1, 0.15) is 12.5 Å². The fourth-order valence-corrected chi connectivity index (χ4v) is 2.74. The maximum absolute atomic E-state index is 11.7. The van der Waals surface area contributed by atoms with Crippen molar-refractivity contribution in [3.63, 3.8) is 0 Å². The van der Waals surface area contributed by atoms with Gasteiger partial charge in [0.2, 0.25) is 5.95 Å². The second kappa shape index (κ2) is 4.43. The first-order valence-corrected chi connectivity index (χ1v) is 6.23. The van der Waals surface area contributed by atoms with Crippen molar-refractivity contribution in [3.8, 4) is 0 Å². The average Bonchev–Trinajstić information content (AvgIpc) is 2.91. The molecule has 0 bridgehead atoms. The molecule has 5 N–H and O–H groups in total. The minimum Gasteiger partial charge on any atom is -0.396 e. The van der Waals surface area contributed by atoms with Crippen molar-refractivity contribution < 1.29 is 10.2 Å². The number of aliphatic hydroxyl groups is 2. The quantitative estimate of drug-likeness (QED) is 0.531. The predicted molar refractivity (Wildman–Crippen MR) is 71.9 cm³/mol. The van der Waals surface area contributed by atoms with Crippen molar-refractivity contribution in [1.29, 1.82) is 0 Å². The first-order valence-electron chi connectivity index (χ1n) is 6.23. The smallest absolute Gasteiger partial charge is 0.280 e. The van der Waals surface area contributed by atoms with Crippen LogP contribution in [0.2, 0.25) is 0 Å². The zero-order valence-corrected chi connectivity index (χ0v) is 10.7. The summed E-state index contributed by atoms with van der Waals surface area (Å²) in [6, 6.07) is -0.263. The van der Waals surface area contributed by atoms with Crippen molar-refractivity contribution >= 4 is 17.1 Å². The van der Waals surface area contributed by atoms with Gasteiger partial charge in [-0.2, -0.15) is 4.98 Å². The maximum Gasteiger partial charge on any atom is 0.280 e. The van der Waals surface area contributed by atoms with Crippen molar-refractivity contribution in [2.75, 3.05) is 12.3 Å². The molecule has 3 rings (SSSR count). The fraction of sp³-hybridized carbons (Fsp3) is 0.417. The Kier molecular flexibility index (Phi) is 2.84. The molecule has 2 aromatic rings. The van der Waals surface area contributed by atoms with Crippen LogP contribution in [0, 0.1) is 5.92 Å². The zero-order chi connectivity index (χ0) is 14.4. The summed E-state index contributed by atoms with van der Waals surface area (Å²) in [6.45, 7) is 3.76. The number of rotatable bonds is 2. The molecular weight excluding hydrogens is 265 g/mol. The van der Waals surface area contributed by atoms with E-state index in [9.17, 15) is 15.0 Å². The number of fused-ring (bicyclic) bond motifs is 1. The number of hydrogen-bond acceptors (Lipinski definition) is 6. The van der Waals surface area contributed by atoms with Crippen molar-refractivity contribution in [1.82, 2.24) is 19.5 Å². The first-order chi connectivity index (χ1) is 9.52. The lowest BCUT2D eigenvalue weighted by molar-refractivity contribution is 0.101. The molecule has 1 aliphatic rings. The monoisotopic (exact) mass is 280 g/mol. The van der Waals surface area contributed by atoms with Crippen LogP contribution in [0.4, 0.5) is 5.95 Å². The van der Waals surface area contributed by atoms with E-state index < -0.39 is 11.7 Å². The van der Waals surface area contributed by atoms with Gasteiger partial charge in [0, 0.05) is 5.92 Å². The van der Waals surface area contributed by atoms with Crippen LogP contribution in [0.25, 0.3) is 11.2 Å². The summed E-state index contributed by atoms with van der Waals surface area (Å²) in [6.07, 6.45) is 1.20. The lowest BCUT2D eigenvalue weighted by Crippen LogP contribution is -2.17. The normalized spacial score (nSPS) is 26.5. The van der Waals surface area contributed by atoms with Crippen LogP contribution in [0.3, 0.4) is 0 Å². The van der Waals surface area contributed by atoms with Gasteiger partial charge in [0.1, 0.15) is 0 Å². The Balaban J connectivity index is 2.12. The standard InChI is InChI=1S/C12H15N5O3/c1-5-6(3-18)8(19)2-7(5)17-4-14-9-10(17)15-12(13)16-11(9)20/h4,6-8,18-19H,1-3H2,(H3,13,15,16,20)/t6-,7-,8+/m0/s1/i10+1,11+1,14+1.